The third-order valence-corrected chi connectivity index (χ3v) is 8.71. The summed E-state index contributed by atoms with van der Waals surface area (Å²) in [5.74, 6) is -0.832. The maximum atomic E-state index is 14.1. The van der Waals surface area contributed by atoms with Crippen LogP contribution < -0.4 is 9.62 Å². The van der Waals surface area contributed by atoms with E-state index in [1.165, 1.54) is 26.0 Å². The molecule has 0 unspecified atom stereocenters. The highest BCUT2D eigenvalue weighted by atomic mass is 79.9. The van der Waals surface area contributed by atoms with E-state index in [1.54, 1.807) is 13.0 Å². The predicted molar refractivity (Wildman–Crippen MR) is 159 cm³/mol. The molecule has 39 heavy (non-hydrogen) atoms. The third kappa shape index (κ3) is 7.68. The number of benzene rings is 3. The number of carbonyl (C=O) groups excluding carboxylic acids is 2. The van der Waals surface area contributed by atoms with Gasteiger partial charge in [-0.3, -0.25) is 9.59 Å². The Morgan fingerprint density at radius 3 is 2.21 bits per heavy atom. The van der Waals surface area contributed by atoms with Crippen LogP contribution in [-0.4, -0.2) is 63.2 Å². The molecule has 0 radical (unpaired) electrons. The van der Waals surface area contributed by atoms with Crippen LogP contribution in [0.25, 0.3) is 0 Å². The number of hydrogen-bond acceptors (Lipinski definition) is 4. The lowest BCUT2D eigenvalue weighted by molar-refractivity contribution is -0.139. The summed E-state index contributed by atoms with van der Waals surface area (Å²) in [6, 6.07) is 21.5. The summed E-state index contributed by atoms with van der Waals surface area (Å²) < 4.78 is 30.0. The molecule has 2 amide bonds. The Balaban J connectivity index is 2.10. The second kappa shape index (κ2) is 13.2. The van der Waals surface area contributed by atoms with Crippen molar-refractivity contribution in [3.05, 3.63) is 99.5 Å². The van der Waals surface area contributed by atoms with Gasteiger partial charge in [-0.25, -0.2) is 4.31 Å². The van der Waals surface area contributed by atoms with Crippen LogP contribution in [0.1, 0.15) is 22.3 Å². The predicted octanol–water partition coefficient (Wildman–Crippen LogP) is 4.06. The summed E-state index contributed by atoms with van der Waals surface area (Å²) in [4.78, 5) is 28.8. The van der Waals surface area contributed by atoms with E-state index >= 15 is 0 Å². The molecule has 0 fully saturated rings. The Hall–Kier alpha value is -3.21. The summed E-state index contributed by atoms with van der Waals surface area (Å²) in [5, 5.41) is 2.69. The number of nitrogens with zero attached hydrogens (tertiary/aromatic N) is 3. The fourth-order valence-corrected chi connectivity index (χ4v) is 5.80. The molecule has 0 aromatic heterocycles. The van der Waals surface area contributed by atoms with Gasteiger partial charge in [0.15, 0.2) is 0 Å². The van der Waals surface area contributed by atoms with Crippen LogP contribution in [0.4, 0.5) is 5.69 Å². The Bertz CT molecular complexity index is 1410. The van der Waals surface area contributed by atoms with E-state index in [4.69, 9.17) is 0 Å². The minimum atomic E-state index is -4.04. The van der Waals surface area contributed by atoms with E-state index in [0.29, 0.717) is 11.3 Å². The van der Waals surface area contributed by atoms with E-state index in [9.17, 15) is 18.0 Å². The molecule has 0 spiro atoms. The van der Waals surface area contributed by atoms with Crippen molar-refractivity contribution in [3.8, 4) is 0 Å². The lowest BCUT2D eigenvalue weighted by Gasteiger charge is -2.34. The molecule has 0 aliphatic heterocycles. The molecule has 0 saturated carbocycles. The number of halogens is 1. The molecular formula is C29H35BrN4O4S. The molecule has 0 aliphatic rings. The van der Waals surface area contributed by atoms with Crippen molar-refractivity contribution < 1.29 is 18.0 Å². The molecule has 0 heterocycles. The molecule has 8 nitrogen and oxygen atoms in total. The van der Waals surface area contributed by atoms with Crippen LogP contribution in [0.3, 0.4) is 0 Å². The van der Waals surface area contributed by atoms with Gasteiger partial charge in [0, 0.05) is 38.6 Å². The van der Waals surface area contributed by atoms with Gasteiger partial charge in [-0.15, -0.1) is 0 Å². The normalized spacial score (nSPS) is 12.2. The molecular weight excluding hydrogens is 580 g/mol. The molecule has 0 bridgehead atoms. The summed E-state index contributed by atoms with van der Waals surface area (Å²) in [5.41, 5.74) is 3.67. The minimum Gasteiger partial charge on any atom is -0.357 e. The van der Waals surface area contributed by atoms with Gasteiger partial charge < -0.3 is 10.2 Å². The average molecular weight is 616 g/mol. The molecule has 3 rings (SSSR count). The van der Waals surface area contributed by atoms with E-state index in [1.807, 2.05) is 73.7 Å². The highest BCUT2D eigenvalue weighted by Gasteiger charge is 2.34. The molecule has 0 saturated heterocycles. The Labute approximate surface area is 239 Å². The Morgan fingerprint density at radius 2 is 1.59 bits per heavy atom. The van der Waals surface area contributed by atoms with Crippen molar-refractivity contribution in [2.24, 2.45) is 0 Å². The van der Waals surface area contributed by atoms with Gasteiger partial charge in [-0.2, -0.15) is 12.7 Å². The summed E-state index contributed by atoms with van der Waals surface area (Å²) in [6.45, 7) is 3.32. The number of nitrogens with one attached hydrogen (secondary N) is 1. The van der Waals surface area contributed by atoms with Gasteiger partial charge in [0.25, 0.3) is 0 Å². The maximum Gasteiger partial charge on any atom is 0.304 e. The first-order valence-corrected chi connectivity index (χ1v) is 14.7. The quantitative estimate of drug-likeness (QED) is 0.353. The number of hydrogen-bond donors (Lipinski definition) is 1. The van der Waals surface area contributed by atoms with Gasteiger partial charge in [0.1, 0.15) is 12.6 Å². The van der Waals surface area contributed by atoms with Crippen molar-refractivity contribution in [1.29, 1.82) is 0 Å². The summed E-state index contributed by atoms with van der Waals surface area (Å²) in [6.07, 6.45) is 0.268. The smallest absolute Gasteiger partial charge is 0.304 e. The van der Waals surface area contributed by atoms with Crippen LogP contribution in [0.15, 0.2) is 77.3 Å². The fourth-order valence-electron chi connectivity index (χ4n) is 4.24. The first-order valence-electron chi connectivity index (χ1n) is 12.5. The lowest BCUT2D eigenvalue weighted by atomic mass is 10.0. The van der Waals surface area contributed by atoms with E-state index in [-0.39, 0.29) is 18.9 Å². The number of anilines is 1. The molecule has 1 atom stereocenters. The van der Waals surface area contributed by atoms with Gasteiger partial charge >= 0.3 is 10.2 Å². The fraction of sp³-hybridized carbons (Fsp3) is 0.310. The highest BCUT2D eigenvalue weighted by molar-refractivity contribution is 9.10. The second-order valence-corrected chi connectivity index (χ2v) is 12.5. The van der Waals surface area contributed by atoms with Crippen LogP contribution in [0, 0.1) is 13.8 Å². The number of aryl methyl sites for hydroxylation is 2. The summed E-state index contributed by atoms with van der Waals surface area (Å²) in [7, 11) is 0.351. The number of rotatable bonds is 11. The van der Waals surface area contributed by atoms with Crippen molar-refractivity contribution in [3.63, 3.8) is 0 Å². The van der Waals surface area contributed by atoms with E-state index in [0.717, 1.165) is 29.8 Å². The van der Waals surface area contributed by atoms with Gasteiger partial charge in [-0.05, 0) is 54.3 Å². The topological polar surface area (TPSA) is 90.0 Å². The Morgan fingerprint density at radius 1 is 0.923 bits per heavy atom. The highest BCUT2D eigenvalue weighted by Crippen LogP contribution is 2.26. The van der Waals surface area contributed by atoms with Crippen molar-refractivity contribution in [2.45, 2.75) is 32.9 Å². The van der Waals surface area contributed by atoms with Crippen LogP contribution in [0.2, 0.25) is 0 Å². The first-order chi connectivity index (χ1) is 18.4. The number of amides is 2. The van der Waals surface area contributed by atoms with Gasteiger partial charge in [0.05, 0.1) is 5.69 Å². The molecule has 3 aromatic carbocycles. The van der Waals surface area contributed by atoms with Crippen LogP contribution in [-0.2, 0) is 32.8 Å². The SMILES string of the molecule is CNC(=O)[C@@H](Cc1ccccc1)N(Cc1cccc(Br)c1)C(=O)CN(c1cc(C)ccc1C)S(=O)(=O)N(C)C. The second-order valence-electron chi connectivity index (χ2n) is 9.56. The van der Waals surface area contributed by atoms with Crippen LogP contribution >= 0.6 is 15.9 Å². The van der Waals surface area contributed by atoms with Crippen molar-refractivity contribution in [1.82, 2.24) is 14.5 Å². The average Bonchev–Trinajstić information content (AvgIpc) is 2.90. The maximum absolute atomic E-state index is 14.1. The van der Waals surface area contributed by atoms with Crippen molar-refractivity contribution >= 4 is 43.6 Å². The van der Waals surface area contributed by atoms with E-state index < -0.39 is 28.7 Å². The molecule has 0 aliphatic carbocycles. The third-order valence-electron chi connectivity index (χ3n) is 6.41. The zero-order chi connectivity index (χ0) is 28.7. The molecule has 10 heteroatoms. The zero-order valence-electron chi connectivity index (χ0n) is 22.9. The first kappa shape index (κ1) is 30.3. The number of likely N-dealkylation sites (N-methyl/N-ethyl adjacent to an activating group) is 1. The lowest BCUT2D eigenvalue weighted by Crippen LogP contribution is -2.54. The molecule has 1 N–H and O–H groups in total. The molecule has 3 aromatic rings. The largest absolute Gasteiger partial charge is 0.357 e. The van der Waals surface area contributed by atoms with Crippen LogP contribution in [0.5, 0.6) is 0 Å². The van der Waals surface area contributed by atoms with Crippen molar-refractivity contribution in [2.75, 3.05) is 32.0 Å². The van der Waals surface area contributed by atoms with Gasteiger partial charge in [-0.1, -0.05) is 70.5 Å². The molecule has 208 valence electrons. The standard InChI is InChI=1S/C29H35BrN4O4S/c1-21-14-15-22(2)26(16-21)34(39(37,38)32(4)5)20-28(35)33(19-24-12-9-13-25(30)17-24)27(29(36)31-3)18-23-10-7-6-8-11-23/h6-17,27H,18-20H2,1-5H3,(H,31,36)/t27-/m1/s1. The minimum absolute atomic E-state index is 0.117. The zero-order valence-corrected chi connectivity index (χ0v) is 25.3. The van der Waals surface area contributed by atoms with Gasteiger partial charge in [0.2, 0.25) is 11.8 Å². The Kier molecular flexibility index (Phi) is 10.3. The number of carbonyl (C=O) groups is 2. The summed E-state index contributed by atoms with van der Waals surface area (Å²) >= 11 is 3.47. The van der Waals surface area contributed by atoms with E-state index in [2.05, 4.69) is 21.2 Å². The monoisotopic (exact) mass is 614 g/mol.